The van der Waals surface area contributed by atoms with E-state index in [1.54, 1.807) is 0 Å². The molecule has 2 heteroatoms. The second-order valence-electron chi connectivity index (χ2n) is 6.87. The van der Waals surface area contributed by atoms with Gasteiger partial charge < -0.3 is 4.74 Å². The van der Waals surface area contributed by atoms with E-state index in [0.29, 0.717) is 5.92 Å². The van der Waals surface area contributed by atoms with Gasteiger partial charge in [0.15, 0.2) is 0 Å². The summed E-state index contributed by atoms with van der Waals surface area (Å²) in [6.07, 6.45) is 4.94. The lowest BCUT2D eigenvalue weighted by Crippen LogP contribution is -2.42. The highest BCUT2D eigenvalue weighted by Gasteiger charge is 2.72. The monoisotopic (exact) mass is 252 g/mol. The Balaban J connectivity index is 0.00000133. The van der Waals surface area contributed by atoms with Crippen molar-refractivity contribution in [3.8, 4) is 0 Å². The van der Waals surface area contributed by atoms with E-state index >= 15 is 0 Å². The van der Waals surface area contributed by atoms with Gasteiger partial charge in [-0.3, -0.25) is 4.79 Å². The average Bonchev–Trinajstić information content (AvgIpc) is 2.99. The smallest absolute Gasteiger partial charge is 0.309 e. The van der Waals surface area contributed by atoms with E-state index in [1.165, 1.54) is 12.8 Å². The first-order chi connectivity index (χ1) is 8.57. The molecule has 0 spiro atoms. The normalized spacial score (nSPS) is 53.7. The van der Waals surface area contributed by atoms with Crippen LogP contribution in [0.5, 0.6) is 0 Å². The summed E-state index contributed by atoms with van der Waals surface area (Å²) in [5.74, 6) is 3.50. The fourth-order valence-electron chi connectivity index (χ4n) is 5.62. The van der Waals surface area contributed by atoms with Gasteiger partial charge in [-0.15, -0.1) is 0 Å². The summed E-state index contributed by atoms with van der Waals surface area (Å²) >= 11 is 0. The fourth-order valence-corrected chi connectivity index (χ4v) is 5.62. The molecule has 1 saturated heterocycles. The van der Waals surface area contributed by atoms with Crippen LogP contribution < -0.4 is 0 Å². The summed E-state index contributed by atoms with van der Waals surface area (Å²) in [7, 11) is 0. The van der Waals surface area contributed by atoms with Gasteiger partial charge in [-0.1, -0.05) is 33.6 Å². The summed E-state index contributed by atoms with van der Waals surface area (Å²) in [4.78, 5) is 12.1. The number of hydrogen-bond acceptors (Lipinski definition) is 2. The van der Waals surface area contributed by atoms with Crippen molar-refractivity contribution >= 4 is 5.97 Å². The van der Waals surface area contributed by atoms with E-state index < -0.39 is 0 Å². The van der Waals surface area contributed by atoms with E-state index in [0.717, 1.165) is 30.6 Å². The molecule has 3 fully saturated rings. The summed E-state index contributed by atoms with van der Waals surface area (Å²) in [5.41, 5.74) is 0.175. The molecule has 0 amide bonds. The predicted octanol–water partition coefficient (Wildman–Crippen LogP) is 3.89. The van der Waals surface area contributed by atoms with E-state index in [1.807, 2.05) is 0 Å². The second kappa shape index (κ2) is 3.98. The van der Waals surface area contributed by atoms with Crippen LogP contribution in [0.25, 0.3) is 0 Å². The number of carbonyl (C=O) groups is 1. The minimum Gasteiger partial charge on any atom is -0.462 e. The Morgan fingerprint density at radius 2 is 2.11 bits per heavy atom. The van der Waals surface area contributed by atoms with Crippen molar-refractivity contribution in [2.24, 2.45) is 35.0 Å². The van der Waals surface area contributed by atoms with Crippen LogP contribution in [0.1, 0.15) is 54.8 Å². The van der Waals surface area contributed by atoms with Crippen molar-refractivity contribution in [1.29, 1.82) is 0 Å². The molecule has 3 rings (SSSR count). The van der Waals surface area contributed by atoms with Crippen LogP contribution in [0.2, 0.25) is 0 Å². The van der Waals surface area contributed by atoms with Crippen LogP contribution in [-0.4, -0.2) is 12.1 Å². The number of carbonyl (C=O) groups excluding carboxylic acids is 1. The molecule has 18 heavy (non-hydrogen) atoms. The molecule has 0 N–H and O–H groups in total. The van der Waals surface area contributed by atoms with Gasteiger partial charge >= 0.3 is 5.97 Å². The molecule has 104 valence electrons. The molecule has 2 saturated carbocycles. The van der Waals surface area contributed by atoms with Crippen molar-refractivity contribution in [3.05, 3.63) is 0 Å². The van der Waals surface area contributed by atoms with Gasteiger partial charge in [0.2, 0.25) is 0 Å². The lowest BCUT2D eigenvalue weighted by Gasteiger charge is -2.40. The number of ether oxygens (including phenoxy) is 1. The Hall–Kier alpha value is -0.530. The Morgan fingerprint density at radius 1 is 1.39 bits per heavy atom. The second-order valence-corrected chi connectivity index (χ2v) is 6.87. The van der Waals surface area contributed by atoms with E-state index in [4.69, 9.17) is 4.74 Å². The topological polar surface area (TPSA) is 26.3 Å². The molecule has 1 heterocycles. The standard InChI is InChI=1S/C16H26O2.H2/c1-5-7-11-13-9(3)8-12-15(17)18-10(4)16(12,6-2)14(11)13;/h9-14H,5-8H2,1-4H3;1H/t9?,10-,11?,12?,13?,14?,16-;/m1./s1. The fraction of sp³-hybridized carbons (Fsp3) is 0.938. The van der Waals surface area contributed by atoms with E-state index in [2.05, 4.69) is 27.7 Å². The zero-order chi connectivity index (χ0) is 13.1. The molecular formula is C16H28O2. The molecule has 1 aliphatic heterocycles. The molecule has 0 aromatic heterocycles. The third-order valence-electron chi connectivity index (χ3n) is 6.33. The van der Waals surface area contributed by atoms with Gasteiger partial charge in [-0.2, -0.15) is 0 Å². The molecule has 0 bridgehead atoms. The lowest BCUT2D eigenvalue weighted by molar-refractivity contribution is -0.144. The quantitative estimate of drug-likeness (QED) is 0.712. The highest BCUT2D eigenvalue weighted by Crippen LogP contribution is 2.72. The van der Waals surface area contributed by atoms with Crippen molar-refractivity contribution in [3.63, 3.8) is 0 Å². The van der Waals surface area contributed by atoms with Crippen molar-refractivity contribution in [1.82, 2.24) is 0 Å². The first-order valence-corrected chi connectivity index (χ1v) is 7.78. The minimum absolute atomic E-state index is 0. The maximum atomic E-state index is 12.1. The maximum Gasteiger partial charge on any atom is 0.309 e. The Kier molecular flexibility index (Phi) is 2.76. The maximum absolute atomic E-state index is 12.1. The Labute approximate surface area is 112 Å². The summed E-state index contributed by atoms with van der Waals surface area (Å²) in [6, 6.07) is 0. The van der Waals surface area contributed by atoms with Crippen molar-refractivity contribution in [2.45, 2.75) is 59.5 Å². The highest BCUT2D eigenvalue weighted by molar-refractivity contribution is 5.77. The van der Waals surface area contributed by atoms with Gasteiger partial charge in [-0.25, -0.2) is 0 Å². The molecule has 0 aromatic carbocycles. The van der Waals surface area contributed by atoms with Crippen LogP contribution in [0.4, 0.5) is 0 Å². The molecule has 0 radical (unpaired) electrons. The number of hydrogen-bond donors (Lipinski definition) is 0. The zero-order valence-electron chi connectivity index (χ0n) is 12.1. The van der Waals surface area contributed by atoms with Gasteiger partial charge in [-0.05, 0) is 43.4 Å². The molecule has 2 nitrogen and oxygen atoms in total. The first-order valence-electron chi connectivity index (χ1n) is 7.78. The highest BCUT2D eigenvalue weighted by atomic mass is 16.6. The van der Waals surface area contributed by atoms with Crippen molar-refractivity contribution in [2.75, 3.05) is 0 Å². The number of fused-ring (bicyclic) bond motifs is 3. The molecule has 3 aliphatic rings. The summed E-state index contributed by atoms with van der Waals surface area (Å²) < 4.78 is 5.64. The number of rotatable bonds is 3. The molecule has 5 unspecified atom stereocenters. The predicted molar refractivity (Wildman–Crippen MR) is 73.0 cm³/mol. The molecule has 2 aliphatic carbocycles. The van der Waals surface area contributed by atoms with Crippen LogP contribution >= 0.6 is 0 Å². The molecule has 7 atom stereocenters. The zero-order valence-corrected chi connectivity index (χ0v) is 12.1. The molecule has 0 aromatic rings. The average molecular weight is 252 g/mol. The van der Waals surface area contributed by atoms with Crippen molar-refractivity contribution < 1.29 is 11.0 Å². The molecular weight excluding hydrogens is 224 g/mol. The lowest BCUT2D eigenvalue weighted by atomic mass is 9.61. The third-order valence-corrected chi connectivity index (χ3v) is 6.33. The van der Waals surface area contributed by atoms with E-state index in [9.17, 15) is 4.79 Å². The SMILES string of the molecule is CCCC1C2C(C)CC3C(=O)O[C@H](C)[C@@]3(CC)C12.[HH]. The minimum atomic E-state index is 0. The van der Waals surface area contributed by atoms with Gasteiger partial charge in [0.25, 0.3) is 0 Å². The Morgan fingerprint density at radius 3 is 2.72 bits per heavy atom. The van der Waals surface area contributed by atoms with Gasteiger partial charge in [0.05, 0.1) is 5.92 Å². The van der Waals surface area contributed by atoms with E-state index in [-0.39, 0.29) is 24.8 Å². The van der Waals surface area contributed by atoms with Crippen LogP contribution in [-0.2, 0) is 9.53 Å². The van der Waals surface area contributed by atoms with Crippen LogP contribution in [0.15, 0.2) is 0 Å². The number of cyclic esters (lactones) is 1. The number of esters is 1. The van der Waals surface area contributed by atoms with Gasteiger partial charge in [0, 0.05) is 6.84 Å². The largest absolute Gasteiger partial charge is 0.462 e. The first kappa shape index (κ1) is 12.5. The third kappa shape index (κ3) is 1.32. The Bertz CT molecular complexity index is 370. The summed E-state index contributed by atoms with van der Waals surface area (Å²) in [5, 5.41) is 0. The van der Waals surface area contributed by atoms with Crippen LogP contribution in [0.3, 0.4) is 0 Å². The van der Waals surface area contributed by atoms with Gasteiger partial charge in [0.1, 0.15) is 6.10 Å². The van der Waals surface area contributed by atoms with Crippen LogP contribution in [0, 0.1) is 35.0 Å². The summed E-state index contributed by atoms with van der Waals surface area (Å²) in [6.45, 7) is 9.03.